The molecule has 0 amide bonds. The van der Waals surface area contributed by atoms with Crippen molar-refractivity contribution in [2.24, 2.45) is 0 Å². The predicted molar refractivity (Wildman–Crippen MR) is 81.4 cm³/mol. The van der Waals surface area contributed by atoms with Gasteiger partial charge in [-0.3, -0.25) is 0 Å². The predicted octanol–water partition coefficient (Wildman–Crippen LogP) is 3.96. The molecule has 0 spiro atoms. The topological polar surface area (TPSA) is 51.5 Å². The molecular formula is C16H18ClNO3. The minimum atomic E-state index is -0.394. The number of benzene rings is 1. The van der Waals surface area contributed by atoms with E-state index in [0.717, 1.165) is 11.4 Å². The van der Waals surface area contributed by atoms with Crippen molar-refractivity contribution in [3.05, 3.63) is 58.5 Å². The minimum absolute atomic E-state index is 0.203. The van der Waals surface area contributed by atoms with E-state index in [4.69, 9.17) is 16.0 Å². The molecule has 1 heterocycles. The van der Waals surface area contributed by atoms with E-state index in [9.17, 15) is 4.79 Å². The van der Waals surface area contributed by atoms with Gasteiger partial charge < -0.3 is 14.5 Å². The van der Waals surface area contributed by atoms with Gasteiger partial charge in [0, 0.05) is 11.1 Å². The number of esters is 1. The second-order valence-corrected chi connectivity index (χ2v) is 5.12. The highest BCUT2D eigenvalue weighted by Crippen LogP contribution is 2.20. The third-order valence-corrected chi connectivity index (χ3v) is 3.53. The van der Waals surface area contributed by atoms with E-state index in [1.54, 1.807) is 6.07 Å². The molecule has 0 aliphatic carbocycles. The van der Waals surface area contributed by atoms with Crippen LogP contribution in [0.15, 0.2) is 41.0 Å². The standard InChI is InChI=1S/C16H18ClNO3/c1-3-15(11-4-6-13(17)7-5-11)18-9-14-8-12(10-21-14)16(19)20-2/h4-8,10,15,18H,3,9H2,1-2H3. The summed E-state index contributed by atoms with van der Waals surface area (Å²) >= 11 is 5.90. The van der Waals surface area contributed by atoms with Crippen molar-refractivity contribution in [3.8, 4) is 0 Å². The van der Waals surface area contributed by atoms with Crippen molar-refractivity contribution in [2.75, 3.05) is 7.11 Å². The second kappa shape index (κ2) is 7.29. The van der Waals surface area contributed by atoms with E-state index in [-0.39, 0.29) is 6.04 Å². The van der Waals surface area contributed by atoms with E-state index in [1.165, 1.54) is 18.9 Å². The highest BCUT2D eigenvalue weighted by molar-refractivity contribution is 6.30. The van der Waals surface area contributed by atoms with Crippen LogP contribution < -0.4 is 5.32 Å². The van der Waals surface area contributed by atoms with Crippen LogP contribution in [0, 0.1) is 0 Å². The first-order valence-corrected chi connectivity index (χ1v) is 7.16. The quantitative estimate of drug-likeness (QED) is 0.821. The van der Waals surface area contributed by atoms with Crippen LogP contribution >= 0.6 is 11.6 Å². The molecule has 2 aromatic rings. The fraction of sp³-hybridized carbons (Fsp3) is 0.312. The Kier molecular flexibility index (Phi) is 5.42. The monoisotopic (exact) mass is 307 g/mol. The van der Waals surface area contributed by atoms with Gasteiger partial charge in [-0.25, -0.2) is 4.79 Å². The van der Waals surface area contributed by atoms with Crippen LogP contribution in [0.2, 0.25) is 5.02 Å². The average Bonchev–Trinajstić information content (AvgIpc) is 2.97. The average molecular weight is 308 g/mol. The van der Waals surface area contributed by atoms with Gasteiger partial charge in [0.25, 0.3) is 0 Å². The van der Waals surface area contributed by atoms with Crippen LogP contribution in [-0.4, -0.2) is 13.1 Å². The van der Waals surface area contributed by atoms with Crippen molar-refractivity contribution in [1.82, 2.24) is 5.32 Å². The zero-order valence-corrected chi connectivity index (χ0v) is 12.8. The van der Waals surface area contributed by atoms with Crippen LogP contribution in [0.3, 0.4) is 0 Å². The number of nitrogens with one attached hydrogen (secondary N) is 1. The zero-order valence-electron chi connectivity index (χ0n) is 12.1. The third-order valence-electron chi connectivity index (χ3n) is 3.28. The number of halogens is 1. The Morgan fingerprint density at radius 3 is 2.71 bits per heavy atom. The van der Waals surface area contributed by atoms with Gasteiger partial charge in [-0.15, -0.1) is 0 Å². The van der Waals surface area contributed by atoms with Crippen molar-refractivity contribution >= 4 is 17.6 Å². The van der Waals surface area contributed by atoms with Gasteiger partial charge in [0.2, 0.25) is 0 Å². The van der Waals surface area contributed by atoms with Crippen LogP contribution in [0.25, 0.3) is 0 Å². The maximum atomic E-state index is 11.4. The Balaban J connectivity index is 1.98. The van der Waals surface area contributed by atoms with Gasteiger partial charge in [0.05, 0.1) is 19.2 Å². The van der Waals surface area contributed by atoms with Crippen molar-refractivity contribution in [3.63, 3.8) is 0 Å². The minimum Gasteiger partial charge on any atom is -0.467 e. The highest BCUT2D eigenvalue weighted by atomic mass is 35.5. The maximum absolute atomic E-state index is 11.4. The summed E-state index contributed by atoms with van der Waals surface area (Å²) in [4.78, 5) is 11.4. The Labute approximate surface area is 129 Å². The second-order valence-electron chi connectivity index (χ2n) is 4.69. The number of carbonyl (C=O) groups excluding carboxylic acids is 1. The Hall–Kier alpha value is -1.78. The van der Waals surface area contributed by atoms with E-state index in [1.807, 2.05) is 24.3 Å². The Bertz CT molecular complexity index is 592. The van der Waals surface area contributed by atoms with Crippen LogP contribution in [0.5, 0.6) is 0 Å². The summed E-state index contributed by atoms with van der Waals surface area (Å²) in [5, 5.41) is 4.13. The normalized spacial score (nSPS) is 12.1. The van der Waals surface area contributed by atoms with Crippen LogP contribution in [-0.2, 0) is 11.3 Å². The molecule has 2 rings (SSSR count). The first-order valence-electron chi connectivity index (χ1n) is 6.78. The van der Waals surface area contributed by atoms with Crippen molar-refractivity contribution in [2.45, 2.75) is 25.9 Å². The SMILES string of the molecule is CCC(NCc1cc(C(=O)OC)co1)c1ccc(Cl)cc1. The van der Waals surface area contributed by atoms with E-state index < -0.39 is 5.97 Å². The summed E-state index contributed by atoms with van der Waals surface area (Å²) in [5.41, 5.74) is 1.59. The lowest BCUT2D eigenvalue weighted by Crippen LogP contribution is -2.19. The molecule has 1 unspecified atom stereocenters. The molecule has 4 nitrogen and oxygen atoms in total. The third kappa shape index (κ3) is 4.09. The van der Waals surface area contributed by atoms with E-state index >= 15 is 0 Å². The summed E-state index contributed by atoms with van der Waals surface area (Å²) in [7, 11) is 1.35. The molecule has 1 aromatic heterocycles. The van der Waals surface area contributed by atoms with Crippen LogP contribution in [0.4, 0.5) is 0 Å². The number of carbonyl (C=O) groups is 1. The molecule has 0 aliphatic heterocycles. The molecule has 0 radical (unpaired) electrons. The van der Waals surface area contributed by atoms with Crippen molar-refractivity contribution < 1.29 is 13.9 Å². The first kappa shape index (κ1) is 15.6. The molecule has 0 aliphatic rings. The molecular weight excluding hydrogens is 290 g/mol. The summed E-state index contributed by atoms with van der Waals surface area (Å²) in [6, 6.07) is 9.66. The number of ether oxygens (including phenoxy) is 1. The Morgan fingerprint density at radius 1 is 1.38 bits per heavy atom. The smallest absolute Gasteiger partial charge is 0.341 e. The zero-order chi connectivity index (χ0) is 15.2. The largest absolute Gasteiger partial charge is 0.467 e. The van der Waals surface area contributed by atoms with E-state index in [2.05, 4.69) is 17.0 Å². The molecule has 0 fully saturated rings. The fourth-order valence-corrected chi connectivity index (χ4v) is 2.24. The molecule has 0 saturated carbocycles. The molecule has 1 N–H and O–H groups in total. The molecule has 112 valence electrons. The lowest BCUT2D eigenvalue weighted by molar-refractivity contribution is 0.0600. The van der Waals surface area contributed by atoms with E-state index in [0.29, 0.717) is 17.9 Å². The molecule has 0 bridgehead atoms. The van der Waals surface area contributed by atoms with Crippen LogP contribution in [0.1, 0.15) is 41.1 Å². The van der Waals surface area contributed by atoms with Gasteiger partial charge >= 0.3 is 5.97 Å². The summed E-state index contributed by atoms with van der Waals surface area (Å²) < 4.78 is 10.00. The summed E-state index contributed by atoms with van der Waals surface area (Å²) in [5.74, 6) is 0.303. The first-order chi connectivity index (χ1) is 10.1. The number of methoxy groups -OCH3 is 1. The van der Waals surface area contributed by atoms with Gasteiger partial charge in [0.15, 0.2) is 0 Å². The van der Waals surface area contributed by atoms with Gasteiger partial charge in [0.1, 0.15) is 12.0 Å². The highest BCUT2D eigenvalue weighted by Gasteiger charge is 2.12. The molecule has 1 atom stereocenters. The Morgan fingerprint density at radius 2 is 2.10 bits per heavy atom. The fourth-order valence-electron chi connectivity index (χ4n) is 2.12. The number of hydrogen-bond acceptors (Lipinski definition) is 4. The molecule has 0 saturated heterocycles. The van der Waals surface area contributed by atoms with Gasteiger partial charge in [-0.05, 0) is 30.2 Å². The number of furan rings is 1. The van der Waals surface area contributed by atoms with Gasteiger partial charge in [-0.2, -0.15) is 0 Å². The lowest BCUT2D eigenvalue weighted by atomic mass is 10.0. The number of rotatable bonds is 6. The molecule has 21 heavy (non-hydrogen) atoms. The lowest BCUT2D eigenvalue weighted by Gasteiger charge is -2.16. The molecule has 5 heteroatoms. The maximum Gasteiger partial charge on any atom is 0.341 e. The summed E-state index contributed by atoms with van der Waals surface area (Å²) in [6.07, 6.45) is 2.35. The number of hydrogen-bond donors (Lipinski definition) is 1. The van der Waals surface area contributed by atoms with Crippen molar-refractivity contribution in [1.29, 1.82) is 0 Å². The molecule has 1 aromatic carbocycles. The summed E-state index contributed by atoms with van der Waals surface area (Å²) in [6.45, 7) is 2.65. The van der Waals surface area contributed by atoms with Gasteiger partial charge in [-0.1, -0.05) is 30.7 Å².